The van der Waals surface area contributed by atoms with Gasteiger partial charge in [0.15, 0.2) is 5.16 Å². The molecule has 5 rings (SSSR count). The molecule has 0 saturated carbocycles. The van der Waals surface area contributed by atoms with Crippen LogP contribution < -0.4 is 4.74 Å². The molecule has 1 aliphatic heterocycles. The van der Waals surface area contributed by atoms with E-state index in [-0.39, 0.29) is 17.7 Å². The number of amides is 1. The third kappa shape index (κ3) is 4.09. The summed E-state index contributed by atoms with van der Waals surface area (Å²) in [7, 11) is 1.64. The van der Waals surface area contributed by atoms with E-state index < -0.39 is 0 Å². The standard InChI is InChI=1S/C24H21N5O2S/c1-31-20-10-8-17(9-11-20)22-13-21(19-7-6-16-4-2-3-5-18(16)12-19)28-29(22)23(30)14-32-24-25-15-26-27-24/h2-12,15,22H,13-14H2,1H3,(H,25,26,27)/t22-/m0/s1. The van der Waals surface area contributed by atoms with Crippen LogP contribution in [0, 0.1) is 0 Å². The van der Waals surface area contributed by atoms with E-state index in [0.29, 0.717) is 11.6 Å². The number of thioether (sulfide) groups is 1. The van der Waals surface area contributed by atoms with Crippen molar-refractivity contribution in [2.24, 2.45) is 5.10 Å². The third-order valence-corrected chi connectivity index (χ3v) is 6.34. The molecule has 0 fully saturated rings. The Bertz CT molecular complexity index is 1270. The first-order valence-corrected chi connectivity index (χ1v) is 11.2. The van der Waals surface area contributed by atoms with E-state index in [1.54, 1.807) is 12.1 Å². The van der Waals surface area contributed by atoms with Gasteiger partial charge in [0.05, 0.1) is 24.6 Å². The molecule has 0 unspecified atom stereocenters. The molecule has 160 valence electrons. The Hall–Kier alpha value is -3.65. The van der Waals surface area contributed by atoms with Crippen LogP contribution in [0.2, 0.25) is 0 Å². The van der Waals surface area contributed by atoms with Gasteiger partial charge in [-0.2, -0.15) is 10.2 Å². The summed E-state index contributed by atoms with van der Waals surface area (Å²) in [4.78, 5) is 17.2. The molecule has 0 saturated heterocycles. The Balaban J connectivity index is 1.45. The molecule has 32 heavy (non-hydrogen) atoms. The van der Waals surface area contributed by atoms with Gasteiger partial charge in [0.2, 0.25) is 0 Å². The lowest BCUT2D eigenvalue weighted by Crippen LogP contribution is -2.28. The lowest BCUT2D eigenvalue weighted by molar-refractivity contribution is -0.130. The monoisotopic (exact) mass is 443 g/mol. The highest BCUT2D eigenvalue weighted by Gasteiger charge is 2.33. The van der Waals surface area contributed by atoms with Crippen molar-refractivity contribution < 1.29 is 9.53 Å². The van der Waals surface area contributed by atoms with Crippen LogP contribution in [0.15, 0.2) is 83.3 Å². The number of carbonyl (C=O) groups is 1. The topological polar surface area (TPSA) is 83.5 Å². The fraction of sp³-hybridized carbons (Fsp3) is 0.167. The molecule has 0 bridgehead atoms. The molecular weight excluding hydrogens is 422 g/mol. The number of rotatable bonds is 6. The van der Waals surface area contributed by atoms with Crippen LogP contribution >= 0.6 is 11.8 Å². The van der Waals surface area contributed by atoms with Gasteiger partial charge in [-0.15, -0.1) is 0 Å². The number of aromatic amines is 1. The predicted molar refractivity (Wildman–Crippen MR) is 125 cm³/mol. The summed E-state index contributed by atoms with van der Waals surface area (Å²) in [5, 5.41) is 15.9. The minimum absolute atomic E-state index is 0.0805. The Morgan fingerprint density at radius 3 is 2.69 bits per heavy atom. The van der Waals surface area contributed by atoms with Gasteiger partial charge in [-0.3, -0.25) is 9.89 Å². The lowest BCUT2D eigenvalue weighted by atomic mass is 9.97. The van der Waals surface area contributed by atoms with Crippen molar-refractivity contribution >= 4 is 34.2 Å². The van der Waals surface area contributed by atoms with Crippen molar-refractivity contribution in [1.29, 1.82) is 0 Å². The minimum Gasteiger partial charge on any atom is -0.497 e. The van der Waals surface area contributed by atoms with Crippen LogP contribution in [0.3, 0.4) is 0 Å². The molecular formula is C24H21N5O2S. The number of H-pyrrole nitrogens is 1. The van der Waals surface area contributed by atoms with Gasteiger partial charge >= 0.3 is 0 Å². The molecule has 7 nitrogen and oxygen atoms in total. The van der Waals surface area contributed by atoms with E-state index in [4.69, 9.17) is 9.84 Å². The summed E-state index contributed by atoms with van der Waals surface area (Å²) < 4.78 is 5.29. The average molecular weight is 444 g/mol. The van der Waals surface area contributed by atoms with E-state index in [9.17, 15) is 4.79 Å². The number of carbonyl (C=O) groups excluding carboxylic acids is 1. The van der Waals surface area contributed by atoms with Crippen molar-refractivity contribution in [3.05, 3.63) is 84.2 Å². The molecule has 1 aliphatic rings. The minimum atomic E-state index is -0.176. The lowest BCUT2D eigenvalue weighted by Gasteiger charge is -2.22. The SMILES string of the molecule is COc1ccc([C@@H]2CC(c3ccc4ccccc4c3)=NN2C(=O)CSc2ncn[nH]2)cc1. The highest BCUT2D eigenvalue weighted by atomic mass is 32.2. The number of benzene rings is 3. The largest absolute Gasteiger partial charge is 0.497 e. The number of ether oxygens (including phenoxy) is 1. The Morgan fingerprint density at radius 1 is 1.12 bits per heavy atom. The molecule has 0 spiro atoms. The van der Waals surface area contributed by atoms with Crippen molar-refractivity contribution in [2.75, 3.05) is 12.9 Å². The fourth-order valence-electron chi connectivity index (χ4n) is 3.83. The van der Waals surface area contributed by atoms with Gasteiger partial charge in [-0.1, -0.05) is 60.3 Å². The maximum Gasteiger partial charge on any atom is 0.253 e. The van der Waals surface area contributed by atoms with Crippen molar-refractivity contribution in [3.8, 4) is 5.75 Å². The Morgan fingerprint density at radius 2 is 1.94 bits per heavy atom. The number of hydrazone groups is 1. The van der Waals surface area contributed by atoms with Gasteiger partial charge < -0.3 is 4.74 Å². The Kier molecular flexibility index (Phi) is 5.60. The number of nitrogens with one attached hydrogen (secondary N) is 1. The molecule has 1 aromatic heterocycles. The average Bonchev–Trinajstić information content (AvgIpc) is 3.53. The van der Waals surface area contributed by atoms with Crippen LogP contribution in [-0.2, 0) is 4.79 Å². The van der Waals surface area contributed by atoms with Gasteiger partial charge in [0, 0.05) is 6.42 Å². The highest BCUT2D eigenvalue weighted by molar-refractivity contribution is 7.99. The molecule has 3 aromatic carbocycles. The van der Waals surface area contributed by atoms with E-state index in [1.165, 1.54) is 23.5 Å². The van der Waals surface area contributed by atoms with Gasteiger partial charge in [-0.05, 0) is 40.1 Å². The zero-order valence-corrected chi connectivity index (χ0v) is 18.2. The molecule has 8 heteroatoms. The second kappa shape index (κ2) is 8.84. The first kappa shape index (κ1) is 20.3. The van der Waals surface area contributed by atoms with E-state index in [1.807, 2.05) is 36.4 Å². The van der Waals surface area contributed by atoms with E-state index >= 15 is 0 Å². The van der Waals surface area contributed by atoms with E-state index in [0.717, 1.165) is 28.0 Å². The fourth-order valence-corrected chi connectivity index (χ4v) is 4.46. The molecule has 4 aromatic rings. The quantitative estimate of drug-likeness (QED) is 0.446. The number of aromatic nitrogens is 3. The number of hydrogen-bond donors (Lipinski definition) is 1. The maximum atomic E-state index is 13.1. The molecule has 0 aliphatic carbocycles. The summed E-state index contributed by atoms with van der Waals surface area (Å²) in [5.74, 6) is 0.917. The summed E-state index contributed by atoms with van der Waals surface area (Å²) in [6.45, 7) is 0. The van der Waals surface area contributed by atoms with E-state index in [2.05, 4.69) is 45.5 Å². The van der Waals surface area contributed by atoms with Gasteiger partial charge in [-0.25, -0.2) is 9.99 Å². The van der Waals surface area contributed by atoms with Crippen LogP contribution in [0.25, 0.3) is 10.8 Å². The van der Waals surface area contributed by atoms with Crippen LogP contribution in [0.5, 0.6) is 5.75 Å². The Labute approximate surface area is 189 Å². The van der Waals surface area contributed by atoms with Crippen molar-refractivity contribution in [3.63, 3.8) is 0 Å². The summed E-state index contributed by atoms with van der Waals surface area (Å²) in [6.07, 6.45) is 2.07. The zero-order valence-electron chi connectivity index (χ0n) is 17.4. The van der Waals surface area contributed by atoms with Crippen molar-refractivity contribution in [2.45, 2.75) is 17.6 Å². The third-order valence-electron chi connectivity index (χ3n) is 5.47. The smallest absolute Gasteiger partial charge is 0.253 e. The summed E-state index contributed by atoms with van der Waals surface area (Å²) in [6, 6.07) is 22.2. The maximum absolute atomic E-state index is 13.1. The molecule has 1 N–H and O–H groups in total. The predicted octanol–water partition coefficient (Wildman–Crippen LogP) is 4.44. The number of fused-ring (bicyclic) bond motifs is 1. The van der Waals surface area contributed by atoms with Crippen LogP contribution in [-0.4, -0.2) is 44.7 Å². The van der Waals surface area contributed by atoms with Gasteiger partial charge in [0.25, 0.3) is 5.91 Å². The molecule has 1 amide bonds. The molecule has 2 heterocycles. The number of methoxy groups -OCH3 is 1. The highest BCUT2D eigenvalue weighted by Crippen LogP contribution is 2.34. The molecule has 1 atom stereocenters. The first-order valence-electron chi connectivity index (χ1n) is 10.2. The first-order chi connectivity index (χ1) is 15.7. The number of nitrogens with zero attached hydrogens (tertiary/aromatic N) is 4. The second-order valence-electron chi connectivity index (χ2n) is 7.42. The summed E-state index contributed by atoms with van der Waals surface area (Å²) >= 11 is 1.31. The summed E-state index contributed by atoms with van der Waals surface area (Å²) in [5.41, 5.74) is 2.94. The van der Waals surface area contributed by atoms with Crippen LogP contribution in [0.4, 0.5) is 0 Å². The van der Waals surface area contributed by atoms with Crippen molar-refractivity contribution in [1.82, 2.24) is 20.2 Å². The van der Waals surface area contributed by atoms with Gasteiger partial charge in [0.1, 0.15) is 12.1 Å². The second-order valence-corrected chi connectivity index (χ2v) is 8.38. The zero-order chi connectivity index (χ0) is 21.9. The normalized spacial score (nSPS) is 15.7. The molecule has 0 radical (unpaired) electrons. The number of hydrogen-bond acceptors (Lipinski definition) is 6. The van der Waals surface area contributed by atoms with Crippen LogP contribution in [0.1, 0.15) is 23.6 Å².